The fourth-order valence-corrected chi connectivity index (χ4v) is 8.34. The molecule has 0 aliphatic heterocycles. The van der Waals surface area contributed by atoms with Crippen molar-refractivity contribution in [1.82, 2.24) is 0 Å². The van der Waals surface area contributed by atoms with Crippen LogP contribution in [0.3, 0.4) is 0 Å². The van der Waals surface area contributed by atoms with Crippen LogP contribution in [0.2, 0.25) is 0 Å². The molecule has 0 aromatic carbocycles. The van der Waals surface area contributed by atoms with Gasteiger partial charge in [0.05, 0.1) is 0 Å². The van der Waals surface area contributed by atoms with Crippen molar-refractivity contribution < 1.29 is 28.6 Å². The SMILES string of the molecule is CC/C=C\C/C=C\C/C=C\C/C=C\CCCCCCCCCCCCC(=O)OCC(COC(=O)CCCCCCC/C=C\C/C=C\C/C=C\CC)OC(=O)CCCCCCCC/C=C\C/C=C\C/C=C\CCCCC. The van der Waals surface area contributed by atoms with E-state index in [1.165, 1.54) is 89.9 Å². The lowest BCUT2D eigenvalue weighted by Gasteiger charge is -2.18. The number of carbonyl (C=O) groups is 3. The van der Waals surface area contributed by atoms with Crippen LogP contribution in [0.1, 0.15) is 278 Å². The zero-order valence-corrected chi connectivity index (χ0v) is 48.8. The average molecular weight is 1040 g/mol. The minimum Gasteiger partial charge on any atom is -0.462 e. The summed E-state index contributed by atoms with van der Waals surface area (Å²) in [4.78, 5) is 38.3. The highest BCUT2D eigenvalue weighted by molar-refractivity contribution is 5.71. The molecule has 0 spiro atoms. The molecular formula is C69H114O6. The first-order chi connectivity index (χ1) is 37.0. The Morgan fingerprint density at radius 2 is 0.520 bits per heavy atom. The summed E-state index contributed by atoms with van der Waals surface area (Å²) >= 11 is 0. The largest absolute Gasteiger partial charge is 0.462 e. The molecule has 0 N–H and O–H groups in total. The van der Waals surface area contributed by atoms with Crippen LogP contribution < -0.4 is 0 Å². The standard InChI is InChI=1S/C69H114O6/c1-4-7-10-13-16-19-22-25-28-30-32-33-34-35-37-38-41-44-47-50-53-56-59-62-68(71)74-65-66(64-73-67(70)61-58-55-52-49-46-43-40-27-24-21-18-15-12-9-6-3)75-69(72)63-60-57-54-51-48-45-42-39-36-31-29-26-23-20-17-14-11-8-5-2/h7,9-10,12,16-21,25-29,32-33,36,39-40,66H,4-6,8,11,13-15,22-24,30-31,34-35,37-38,41-65H2,1-3H3/b10-7-,12-9-,19-16-,20-17-,21-18-,28-25-,29-26-,33-32-,39-36-,40-27-. The fraction of sp³-hybridized carbons (Fsp3) is 0.667. The minimum absolute atomic E-state index is 0.0936. The Bertz CT molecular complexity index is 1570. The number of allylic oxidation sites excluding steroid dienone is 20. The number of hydrogen-bond donors (Lipinski definition) is 0. The summed E-state index contributed by atoms with van der Waals surface area (Å²) in [5.74, 6) is -0.924. The number of ether oxygens (including phenoxy) is 3. The van der Waals surface area contributed by atoms with Crippen LogP contribution in [-0.2, 0) is 28.6 Å². The highest BCUT2D eigenvalue weighted by atomic mass is 16.6. The lowest BCUT2D eigenvalue weighted by molar-refractivity contribution is -0.167. The molecule has 0 aromatic rings. The normalized spacial score (nSPS) is 12.9. The van der Waals surface area contributed by atoms with Crippen molar-refractivity contribution in [2.45, 2.75) is 284 Å². The van der Waals surface area contributed by atoms with Crippen LogP contribution in [-0.4, -0.2) is 37.2 Å². The highest BCUT2D eigenvalue weighted by Gasteiger charge is 2.19. The van der Waals surface area contributed by atoms with E-state index in [0.717, 1.165) is 148 Å². The van der Waals surface area contributed by atoms with Gasteiger partial charge in [0.15, 0.2) is 6.10 Å². The third-order valence-electron chi connectivity index (χ3n) is 12.9. The van der Waals surface area contributed by atoms with Crippen LogP contribution in [0, 0.1) is 0 Å². The molecule has 0 fully saturated rings. The molecule has 0 aliphatic carbocycles. The number of rotatable bonds is 55. The summed E-state index contributed by atoms with van der Waals surface area (Å²) in [5.41, 5.74) is 0. The Hall–Kier alpha value is -4.19. The van der Waals surface area contributed by atoms with E-state index in [2.05, 4.69) is 142 Å². The van der Waals surface area contributed by atoms with Gasteiger partial charge in [0, 0.05) is 19.3 Å². The van der Waals surface area contributed by atoms with Crippen molar-refractivity contribution in [3.05, 3.63) is 122 Å². The van der Waals surface area contributed by atoms with Crippen LogP contribution in [0.25, 0.3) is 0 Å². The predicted molar refractivity (Wildman–Crippen MR) is 325 cm³/mol. The van der Waals surface area contributed by atoms with E-state index in [9.17, 15) is 14.4 Å². The summed E-state index contributed by atoms with van der Waals surface area (Å²) in [7, 11) is 0. The Morgan fingerprint density at radius 1 is 0.280 bits per heavy atom. The van der Waals surface area contributed by atoms with E-state index in [1.54, 1.807) is 0 Å². The first-order valence-electron chi connectivity index (χ1n) is 31.0. The average Bonchev–Trinajstić information content (AvgIpc) is 3.41. The molecule has 0 heterocycles. The maximum Gasteiger partial charge on any atom is 0.306 e. The summed E-state index contributed by atoms with van der Waals surface area (Å²) in [6.07, 6.45) is 86.2. The molecule has 0 amide bonds. The van der Waals surface area contributed by atoms with Crippen molar-refractivity contribution in [3.8, 4) is 0 Å². The Labute approximate surface area is 462 Å². The second-order valence-corrected chi connectivity index (χ2v) is 20.2. The van der Waals surface area contributed by atoms with Crippen LogP contribution in [0.4, 0.5) is 0 Å². The van der Waals surface area contributed by atoms with Gasteiger partial charge in [-0.05, 0) is 128 Å². The second kappa shape index (κ2) is 62.4. The lowest BCUT2D eigenvalue weighted by atomic mass is 10.1. The number of hydrogen-bond acceptors (Lipinski definition) is 6. The Morgan fingerprint density at radius 3 is 0.813 bits per heavy atom. The molecule has 0 aromatic heterocycles. The molecule has 6 nitrogen and oxygen atoms in total. The molecule has 426 valence electrons. The molecule has 0 aliphatic rings. The van der Waals surface area contributed by atoms with Crippen molar-refractivity contribution in [2.24, 2.45) is 0 Å². The van der Waals surface area contributed by atoms with Crippen LogP contribution >= 0.6 is 0 Å². The third kappa shape index (κ3) is 60.6. The minimum atomic E-state index is -0.799. The molecule has 0 saturated heterocycles. The van der Waals surface area contributed by atoms with Crippen LogP contribution in [0.15, 0.2) is 122 Å². The molecule has 1 atom stereocenters. The van der Waals surface area contributed by atoms with E-state index in [4.69, 9.17) is 14.2 Å². The third-order valence-corrected chi connectivity index (χ3v) is 12.9. The van der Waals surface area contributed by atoms with Crippen molar-refractivity contribution in [2.75, 3.05) is 13.2 Å². The molecule has 1 unspecified atom stereocenters. The van der Waals surface area contributed by atoms with Crippen molar-refractivity contribution >= 4 is 17.9 Å². The monoisotopic (exact) mass is 1040 g/mol. The van der Waals surface area contributed by atoms with Gasteiger partial charge in [-0.2, -0.15) is 0 Å². The van der Waals surface area contributed by atoms with E-state index >= 15 is 0 Å². The summed E-state index contributed by atoms with van der Waals surface area (Å²) in [5, 5.41) is 0. The number of unbranched alkanes of at least 4 members (excludes halogenated alkanes) is 24. The number of esters is 3. The Kier molecular flexibility index (Phi) is 58.9. The lowest BCUT2D eigenvalue weighted by Crippen LogP contribution is -2.30. The van der Waals surface area contributed by atoms with E-state index in [0.29, 0.717) is 19.3 Å². The van der Waals surface area contributed by atoms with Gasteiger partial charge >= 0.3 is 17.9 Å². The van der Waals surface area contributed by atoms with Gasteiger partial charge in [0.25, 0.3) is 0 Å². The smallest absolute Gasteiger partial charge is 0.306 e. The maximum absolute atomic E-state index is 12.9. The predicted octanol–water partition coefficient (Wildman–Crippen LogP) is 21.2. The van der Waals surface area contributed by atoms with E-state index < -0.39 is 6.10 Å². The van der Waals surface area contributed by atoms with Crippen molar-refractivity contribution in [1.29, 1.82) is 0 Å². The zero-order valence-electron chi connectivity index (χ0n) is 48.8. The second-order valence-electron chi connectivity index (χ2n) is 20.2. The topological polar surface area (TPSA) is 78.9 Å². The van der Waals surface area contributed by atoms with E-state index in [-0.39, 0.29) is 31.1 Å². The first kappa shape index (κ1) is 70.8. The molecule has 75 heavy (non-hydrogen) atoms. The molecule has 0 saturated carbocycles. The molecular weight excluding hydrogens is 925 g/mol. The van der Waals surface area contributed by atoms with Gasteiger partial charge in [-0.25, -0.2) is 0 Å². The summed E-state index contributed by atoms with van der Waals surface area (Å²) < 4.78 is 16.9. The molecule has 0 radical (unpaired) electrons. The van der Waals surface area contributed by atoms with Gasteiger partial charge in [-0.1, -0.05) is 251 Å². The van der Waals surface area contributed by atoms with Gasteiger partial charge in [-0.3, -0.25) is 14.4 Å². The number of carbonyl (C=O) groups excluding carboxylic acids is 3. The van der Waals surface area contributed by atoms with Gasteiger partial charge in [0.2, 0.25) is 0 Å². The zero-order chi connectivity index (χ0) is 54.3. The van der Waals surface area contributed by atoms with E-state index in [1.807, 2.05) is 0 Å². The summed E-state index contributed by atoms with van der Waals surface area (Å²) in [6, 6.07) is 0. The fourth-order valence-electron chi connectivity index (χ4n) is 8.34. The first-order valence-corrected chi connectivity index (χ1v) is 31.0. The van der Waals surface area contributed by atoms with Gasteiger partial charge in [0.1, 0.15) is 13.2 Å². The van der Waals surface area contributed by atoms with Crippen LogP contribution in [0.5, 0.6) is 0 Å². The summed E-state index contributed by atoms with van der Waals surface area (Å²) in [6.45, 7) is 6.37. The molecule has 0 rings (SSSR count). The molecule has 6 heteroatoms. The van der Waals surface area contributed by atoms with Gasteiger partial charge in [-0.15, -0.1) is 0 Å². The quantitative estimate of drug-likeness (QED) is 0.0261. The van der Waals surface area contributed by atoms with Gasteiger partial charge < -0.3 is 14.2 Å². The highest BCUT2D eigenvalue weighted by Crippen LogP contribution is 2.15. The Balaban J connectivity index is 4.42. The maximum atomic E-state index is 12.9. The molecule has 0 bridgehead atoms. The van der Waals surface area contributed by atoms with Crippen molar-refractivity contribution in [3.63, 3.8) is 0 Å².